The molecule has 0 spiro atoms. The largest absolute Gasteiger partial charge is 0.361 e. The van der Waals surface area contributed by atoms with Gasteiger partial charge in [0.2, 0.25) is 15.8 Å². The van der Waals surface area contributed by atoms with Crippen LogP contribution in [-0.2, 0) is 10.0 Å². The molecule has 0 amide bonds. The summed E-state index contributed by atoms with van der Waals surface area (Å²) in [5.74, 6) is -4.80. The van der Waals surface area contributed by atoms with Crippen LogP contribution in [0.1, 0.15) is 39.6 Å². The topological polar surface area (TPSA) is 114 Å². The monoisotopic (exact) mass is 666 g/mol. The lowest BCUT2D eigenvalue weighted by atomic mass is 9.99. The van der Waals surface area contributed by atoms with E-state index in [4.69, 9.17) is 23.2 Å². The van der Waals surface area contributed by atoms with E-state index in [2.05, 4.69) is 14.7 Å². The van der Waals surface area contributed by atoms with Gasteiger partial charge < -0.3 is 4.98 Å². The lowest BCUT2D eigenvalue weighted by molar-refractivity contribution is 0.0964. The second-order valence-corrected chi connectivity index (χ2v) is 12.9. The molecule has 45 heavy (non-hydrogen) atoms. The summed E-state index contributed by atoms with van der Waals surface area (Å²) < 4.78 is 58.7. The SMILES string of the molecule is CCCS(=O)(=O)Nc1ccc(F)c(C(=O)c2cn(C(=O)c3c(Cl)cccc3Cl)c3ncc(-c4ccc5[nH]ccc5c4)cc23)c1F. The first-order chi connectivity index (χ1) is 21.5. The van der Waals surface area contributed by atoms with Gasteiger partial charge in [0.05, 0.1) is 38.2 Å². The summed E-state index contributed by atoms with van der Waals surface area (Å²) in [6.07, 6.45) is 4.66. The standard InChI is InChI=1S/C32H22Cl2F2N4O4S/c1-2-12-45(43,44)39-26-9-7-24(35)28(29(26)36)30(41)21-16-40(32(42)27-22(33)4-3-5-23(27)34)31-20(21)14-19(15-38-31)17-6-8-25-18(13-17)10-11-37-25/h3-11,13-16,37,39H,2,12H2,1H3. The maximum absolute atomic E-state index is 15.7. The molecule has 0 fully saturated rings. The molecular formula is C32H22Cl2F2N4O4S. The van der Waals surface area contributed by atoms with Gasteiger partial charge >= 0.3 is 0 Å². The second kappa shape index (κ2) is 11.7. The quantitative estimate of drug-likeness (QED) is 0.161. The number of H-pyrrole nitrogens is 1. The molecule has 0 aliphatic heterocycles. The molecule has 6 aromatic rings. The summed E-state index contributed by atoms with van der Waals surface area (Å²) in [6.45, 7) is 1.63. The van der Waals surface area contributed by atoms with Gasteiger partial charge in [0.1, 0.15) is 11.5 Å². The van der Waals surface area contributed by atoms with E-state index in [1.807, 2.05) is 24.3 Å². The molecule has 0 aliphatic rings. The van der Waals surface area contributed by atoms with E-state index in [-0.39, 0.29) is 44.4 Å². The molecule has 3 heterocycles. The highest BCUT2D eigenvalue weighted by Gasteiger charge is 2.29. The third-order valence-electron chi connectivity index (χ3n) is 7.23. The number of aromatic nitrogens is 3. The maximum atomic E-state index is 15.7. The van der Waals surface area contributed by atoms with Crippen molar-refractivity contribution in [3.05, 3.63) is 118 Å². The Morgan fingerprint density at radius 1 is 0.978 bits per heavy atom. The first-order valence-corrected chi connectivity index (χ1v) is 16.0. The third kappa shape index (κ3) is 5.58. The predicted molar refractivity (Wildman–Crippen MR) is 171 cm³/mol. The number of carbonyl (C=O) groups is 2. The van der Waals surface area contributed by atoms with Crippen LogP contribution < -0.4 is 4.72 Å². The van der Waals surface area contributed by atoms with Crippen LogP contribution in [0.5, 0.6) is 0 Å². The molecule has 13 heteroatoms. The number of aromatic amines is 1. The average Bonchev–Trinajstić information content (AvgIpc) is 3.62. The minimum absolute atomic E-state index is 0.00595. The maximum Gasteiger partial charge on any atom is 0.266 e. The smallest absolute Gasteiger partial charge is 0.266 e. The zero-order valence-electron chi connectivity index (χ0n) is 23.4. The minimum atomic E-state index is -3.97. The Kier molecular flexibility index (Phi) is 7.94. The van der Waals surface area contributed by atoms with Crippen molar-refractivity contribution in [2.45, 2.75) is 13.3 Å². The van der Waals surface area contributed by atoms with E-state index >= 15 is 8.78 Å². The van der Waals surface area contributed by atoms with Gasteiger partial charge in [-0.3, -0.25) is 18.9 Å². The molecule has 0 radical (unpaired) electrons. The molecule has 0 aliphatic carbocycles. The van der Waals surface area contributed by atoms with Crippen molar-refractivity contribution in [2.24, 2.45) is 0 Å². The van der Waals surface area contributed by atoms with Gasteiger partial charge in [-0.05, 0) is 65.9 Å². The van der Waals surface area contributed by atoms with Crippen molar-refractivity contribution in [2.75, 3.05) is 10.5 Å². The summed E-state index contributed by atoms with van der Waals surface area (Å²) in [5, 5.41) is 1.11. The summed E-state index contributed by atoms with van der Waals surface area (Å²) in [6, 6.07) is 15.3. The van der Waals surface area contributed by atoms with E-state index in [0.717, 1.165) is 39.4 Å². The van der Waals surface area contributed by atoms with Gasteiger partial charge in [0.25, 0.3) is 5.91 Å². The number of benzene rings is 3. The second-order valence-electron chi connectivity index (χ2n) is 10.2. The van der Waals surface area contributed by atoms with Crippen molar-refractivity contribution >= 4 is 72.5 Å². The Bertz CT molecular complexity index is 2260. The Morgan fingerprint density at radius 2 is 1.73 bits per heavy atom. The van der Waals surface area contributed by atoms with Crippen molar-refractivity contribution in [3.8, 4) is 11.1 Å². The van der Waals surface area contributed by atoms with Gasteiger partial charge in [0.15, 0.2) is 5.82 Å². The highest BCUT2D eigenvalue weighted by atomic mass is 35.5. The van der Waals surface area contributed by atoms with Gasteiger partial charge in [-0.25, -0.2) is 22.2 Å². The van der Waals surface area contributed by atoms with Gasteiger partial charge in [0, 0.05) is 35.1 Å². The number of halogens is 4. The molecule has 3 aromatic heterocycles. The number of rotatable bonds is 8. The molecule has 2 N–H and O–H groups in total. The number of pyridine rings is 1. The van der Waals surface area contributed by atoms with Crippen molar-refractivity contribution in [3.63, 3.8) is 0 Å². The van der Waals surface area contributed by atoms with E-state index in [1.165, 1.54) is 18.3 Å². The molecule has 8 nitrogen and oxygen atoms in total. The summed E-state index contributed by atoms with van der Waals surface area (Å²) in [5.41, 5.74) is 0.275. The zero-order valence-corrected chi connectivity index (χ0v) is 25.7. The lowest BCUT2D eigenvalue weighted by Gasteiger charge is -2.11. The highest BCUT2D eigenvalue weighted by Crippen LogP contribution is 2.33. The molecule has 3 aromatic carbocycles. The predicted octanol–water partition coefficient (Wildman–Crippen LogP) is 7.84. The van der Waals surface area contributed by atoms with Gasteiger partial charge in [-0.1, -0.05) is 42.3 Å². The van der Waals surface area contributed by atoms with Crippen molar-refractivity contribution < 1.29 is 26.8 Å². The molecular weight excluding hydrogens is 645 g/mol. The van der Waals surface area contributed by atoms with E-state index < -0.39 is 44.6 Å². The molecule has 0 bridgehead atoms. The fourth-order valence-electron chi connectivity index (χ4n) is 5.12. The average molecular weight is 668 g/mol. The van der Waals surface area contributed by atoms with Crippen LogP contribution in [0.15, 0.2) is 79.3 Å². The number of sulfonamides is 1. The number of anilines is 1. The lowest BCUT2D eigenvalue weighted by Crippen LogP contribution is -2.18. The highest BCUT2D eigenvalue weighted by molar-refractivity contribution is 7.92. The van der Waals surface area contributed by atoms with E-state index in [0.29, 0.717) is 5.56 Å². The van der Waals surface area contributed by atoms with E-state index in [1.54, 1.807) is 25.3 Å². The molecule has 0 saturated heterocycles. The Balaban J connectivity index is 1.55. The van der Waals surface area contributed by atoms with Crippen LogP contribution in [0.25, 0.3) is 33.1 Å². The van der Waals surface area contributed by atoms with Crippen molar-refractivity contribution in [1.29, 1.82) is 0 Å². The summed E-state index contributed by atoms with van der Waals surface area (Å²) in [7, 11) is -3.97. The normalized spacial score (nSPS) is 11.8. The number of nitrogens with one attached hydrogen (secondary N) is 2. The first kappa shape index (κ1) is 30.4. The molecule has 6 rings (SSSR count). The summed E-state index contributed by atoms with van der Waals surface area (Å²) >= 11 is 12.6. The first-order valence-electron chi connectivity index (χ1n) is 13.6. The van der Waals surface area contributed by atoms with Crippen LogP contribution in [-0.4, -0.2) is 40.4 Å². The number of hydrogen-bond donors (Lipinski definition) is 2. The number of nitrogens with zero attached hydrogens (tertiary/aromatic N) is 2. The number of hydrogen-bond acceptors (Lipinski definition) is 5. The third-order valence-corrected chi connectivity index (χ3v) is 9.33. The van der Waals surface area contributed by atoms with Crippen LogP contribution in [0, 0.1) is 11.6 Å². The van der Waals surface area contributed by atoms with Crippen LogP contribution in [0.3, 0.4) is 0 Å². The van der Waals surface area contributed by atoms with Gasteiger partial charge in [-0.2, -0.15) is 0 Å². The molecule has 0 saturated carbocycles. The van der Waals surface area contributed by atoms with Crippen molar-refractivity contribution in [1.82, 2.24) is 14.5 Å². The van der Waals surface area contributed by atoms with Crippen LogP contribution in [0.4, 0.5) is 14.5 Å². The fraction of sp³-hybridized carbons (Fsp3) is 0.0938. The fourth-order valence-corrected chi connectivity index (χ4v) is 6.81. The number of ketones is 1. The van der Waals surface area contributed by atoms with Gasteiger partial charge in [-0.15, -0.1) is 0 Å². The number of carbonyl (C=O) groups excluding carboxylic acids is 2. The molecule has 228 valence electrons. The molecule has 0 atom stereocenters. The van der Waals surface area contributed by atoms with Crippen LogP contribution >= 0.6 is 23.2 Å². The Labute approximate surface area is 265 Å². The zero-order chi connectivity index (χ0) is 32.0. The molecule has 0 unspecified atom stereocenters. The Morgan fingerprint density at radius 3 is 2.47 bits per heavy atom. The Hall–Kier alpha value is -4.58. The number of fused-ring (bicyclic) bond motifs is 2. The van der Waals surface area contributed by atoms with Crippen LogP contribution in [0.2, 0.25) is 10.0 Å². The summed E-state index contributed by atoms with van der Waals surface area (Å²) in [4.78, 5) is 35.3. The minimum Gasteiger partial charge on any atom is -0.361 e. The van der Waals surface area contributed by atoms with E-state index in [9.17, 15) is 18.0 Å².